The number of nitrogens with one attached hydrogen (secondary N) is 2. The number of rotatable bonds is 5. The molecule has 0 atom stereocenters. The zero-order valence-electron chi connectivity index (χ0n) is 11.8. The summed E-state index contributed by atoms with van der Waals surface area (Å²) in [5.74, 6) is 1.14. The predicted octanol–water partition coefficient (Wildman–Crippen LogP) is 2.72. The maximum Gasteiger partial charge on any atom is 0.253 e. The second kappa shape index (κ2) is 6.95. The molecule has 1 aromatic carbocycles. The number of hydrogen-bond donors (Lipinski definition) is 2. The van der Waals surface area contributed by atoms with Crippen LogP contribution in [-0.2, 0) is 6.54 Å². The predicted molar refractivity (Wildman–Crippen MR) is 83.0 cm³/mol. The Morgan fingerprint density at radius 2 is 2.14 bits per heavy atom. The third-order valence-corrected chi connectivity index (χ3v) is 3.36. The fourth-order valence-electron chi connectivity index (χ4n) is 1.85. The summed E-state index contributed by atoms with van der Waals surface area (Å²) in [6.45, 7) is 0.287. The molecule has 1 aromatic heterocycles. The number of pyridine rings is 1. The van der Waals surface area contributed by atoms with Crippen LogP contribution in [0.4, 0.5) is 5.82 Å². The van der Waals surface area contributed by atoms with Gasteiger partial charge in [0.2, 0.25) is 0 Å². The van der Waals surface area contributed by atoms with Gasteiger partial charge in [-0.25, -0.2) is 4.98 Å². The molecule has 6 heteroatoms. The zero-order chi connectivity index (χ0) is 15.2. The molecule has 2 rings (SSSR count). The Morgan fingerprint density at radius 3 is 2.76 bits per heavy atom. The van der Waals surface area contributed by atoms with Gasteiger partial charge in [-0.05, 0) is 24.3 Å². The van der Waals surface area contributed by atoms with Crippen LogP contribution >= 0.6 is 11.6 Å². The van der Waals surface area contributed by atoms with E-state index in [-0.39, 0.29) is 12.5 Å². The molecule has 0 fully saturated rings. The van der Waals surface area contributed by atoms with Gasteiger partial charge in [0, 0.05) is 30.4 Å². The molecular formula is C15H16ClN3O2. The number of amides is 1. The van der Waals surface area contributed by atoms with Crippen molar-refractivity contribution >= 4 is 23.3 Å². The Bertz CT molecular complexity index is 629. The van der Waals surface area contributed by atoms with Crippen molar-refractivity contribution in [3.63, 3.8) is 0 Å². The summed E-state index contributed by atoms with van der Waals surface area (Å²) in [7, 11) is 3.34. The van der Waals surface area contributed by atoms with Gasteiger partial charge in [0.15, 0.2) is 0 Å². The van der Waals surface area contributed by atoms with Crippen LogP contribution in [0.5, 0.6) is 5.75 Å². The summed E-state index contributed by atoms with van der Waals surface area (Å²) in [4.78, 5) is 16.2. The highest BCUT2D eigenvalue weighted by Gasteiger charge is 2.11. The van der Waals surface area contributed by atoms with Crippen LogP contribution in [-0.4, -0.2) is 25.0 Å². The van der Waals surface area contributed by atoms with E-state index in [1.165, 1.54) is 6.20 Å². The molecule has 0 aliphatic carbocycles. The van der Waals surface area contributed by atoms with Crippen LogP contribution in [0, 0.1) is 0 Å². The fraction of sp³-hybridized carbons (Fsp3) is 0.200. The van der Waals surface area contributed by atoms with E-state index in [0.29, 0.717) is 22.2 Å². The minimum absolute atomic E-state index is 0.216. The van der Waals surface area contributed by atoms with Crippen LogP contribution in [0.1, 0.15) is 15.9 Å². The molecule has 2 aromatic rings. The van der Waals surface area contributed by atoms with Gasteiger partial charge in [-0.1, -0.05) is 17.7 Å². The van der Waals surface area contributed by atoms with E-state index < -0.39 is 0 Å². The van der Waals surface area contributed by atoms with E-state index in [2.05, 4.69) is 15.6 Å². The number of carbonyl (C=O) groups is 1. The third-order valence-electron chi connectivity index (χ3n) is 3.00. The lowest BCUT2D eigenvalue weighted by Crippen LogP contribution is -2.23. The van der Waals surface area contributed by atoms with E-state index in [0.717, 1.165) is 5.56 Å². The van der Waals surface area contributed by atoms with Crippen molar-refractivity contribution in [2.45, 2.75) is 6.54 Å². The number of hydrogen-bond acceptors (Lipinski definition) is 4. The van der Waals surface area contributed by atoms with Crippen LogP contribution < -0.4 is 15.4 Å². The maximum absolute atomic E-state index is 12.1. The molecule has 110 valence electrons. The SMILES string of the molecule is CNc1ccc(C(=O)NCc2c(Cl)cccc2OC)cn1. The fourth-order valence-corrected chi connectivity index (χ4v) is 2.08. The van der Waals surface area contributed by atoms with Crippen molar-refractivity contribution in [2.24, 2.45) is 0 Å². The van der Waals surface area contributed by atoms with Crippen LogP contribution in [0.25, 0.3) is 0 Å². The van der Waals surface area contributed by atoms with Crippen molar-refractivity contribution in [1.82, 2.24) is 10.3 Å². The molecule has 5 nitrogen and oxygen atoms in total. The van der Waals surface area contributed by atoms with Gasteiger partial charge in [-0.2, -0.15) is 0 Å². The Kier molecular flexibility index (Phi) is 5.00. The summed E-state index contributed by atoms with van der Waals surface area (Å²) < 4.78 is 5.24. The summed E-state index contributed by atoms with van der Waals surface area (Å²) in [6.07, 6.45) is 1.52. The molecule has 1 heterocycles. The molecule has 0 spiro atoms. The van der Waals surface area contributed by atoms with Gasteiger partial charge in [0.1, 0.15) is 11.6 Å². The second-order valence-corrected chi connectivity index (χ2v) is 4.69. The molecule has 0 aliphatic heterocycles. The quantitative estimate of drug-likeness (QED) is 0.891. The van der Waals surface area contributed by atoms with E-state index >= 15 is 0 Å². The molecule has 0 saturated heterocycles. The van der Waals surface area contributed by atoms with Gasteiger partial charge in [0.25, 0.3) is 5.91 Å². The Balaban J connectivity index is 2.07. The molecule has 0 unspecified atom stereocenters. The maximum atomic E-state index is 12.1. The first-order valence-electron chi connectivity index (χ1n) is 6.39. The lowest BCUT2D eigenvalue weighted by atomic mass is 10.2. The molecule has 0 radical (unpaired) electrons. The first kappa shape index (κ1) is 15.1. The van der Waals surface area contributed by atoms with Crippen LogP contribution in [0.15, 0.2) is 36.5 Å². The highest BCUT2D eigenvalue weighted by atomic mass is 35.5. The number of methoxy groups -OCH3 is 1. The number of benzene rings is 1. The zero-order valence-corrected chi connectivity index (χ0v) is 12.6. The average molecular weight is 306 g/mol. The van der Waals surface area contributed by atoms with Gasteiger partial charge < -0.3 is 15.4 Å². The number of nitrogens with zero attached hydrogens (tertiary/aromatic N) is 1. The molecule has 0 saturated carbocycles. The number of halogens is 1. The lowest BCUT2D eigenvalue weighted by Gasteiger charge is -2.11. The minimum atomic E-state index is -0.216. The van der Waals surface area contributed by atoms with Gasteiger partial charge in [-0.3, -0.25) is 4.79 Å². The average Bonchev–Trinajstić information content (AvgIpc) is 2.53. The normalized spacial score (nSPS) is 10.0. The van der Waals surface area contributed by atoms with E-state index in [4.69, 9.17) is 16.3 Å². The highest BCUT2D eigenvalue weighted by Crippen LogP contribution is 2.25. The second-order valence-electron chi connectivity index (χ2n) is 4.29. The highest BCUT2D eigenvalue weighted by molar-refractivity contribution is 6.31. The van der Waals surface area contributed by atoms with E-state index in [9.17, 15) is 4.79 Å². The van der Waals surface area contributed by atoms with E-state index in [1.54, 1.807) is 44.5 Å². The molecule has 0 aliphatic rings. The summed E-state index contributed by atoms with van der Waals surface area (Å²) in [6, 6.07) is 8.81. The van der Waals surface area contributed by atoms with Crippen LogP contribution in [0.3, 0.4) is 0 Å². The van der Waals surface area contributed by atoms with Crippen LogP contribution in [0.2, 0.25) is 5.02 Å². The topological polar surface area (TPSA) is 63.2 Å². The molecular weight excluding hydrogens is 290 g/mol. The Morgan fingerprint density at radius 1 is 1.33 bits per heavy atom. The molecule has 0 bridgehead atoms. The van der Waals surface area contributed by atoms with Crippen molar-refractivity contribution in [3.05, 3.63) is 52.7 Å². The van der Waals surface area contributed by atoms with Gasteiger partial charge >= 0.3 is 0 Å². The summed E-state index contributed by atoms with van der Waals surface area (Å²) >= 11 is 6.13. The molecule has 2 N–H and O–H groups in total. The van der Waals surface area contributed by atoms with Crippen molar-refractivity contribution in [1.29, 1.82) is 0 Å². The number of aromatic nitrogens is 1. The standard InChI is InChI=1S/C15H16ClN3O2/c1-17-14-7-6-10(8-18-14)15(20)19-9-11-12(16)4-3-5-13(11)21-2/h3-8H,9H2,1-2H3,(H,17,18)(H,19,20). The van der Waals surface area contributed by atoms with Crippen molar-refractivity contribution in [2.75, 3.05) is 19.5 Å². The first-order valence-corrected chi connectivity index (χ1v) is 6.77. The number of anilines is 1. The van der Waals surface area contributed by atoms with E-state index in [1.807, 2.05) is 0 Å². The third kappa shape index (κ3) is 3.64. The summed E-state index contributed by atoms with van der Waals surface area (Å²) in [5.41, 5.74) is 1.23. The Hall–Kier alpha value is -2.27. The largest absolute Gasteiger partial charge is 0.496 e. The minimum Gasteiger partial charge on any atom is -0.496 e. The Labute approximate surface area is 128 Å². The number of carbonyl (C=O) groups excluding carboxylic acids is 1. The summed E-state index contributed by atoms with van der Waals surface area (Å²) in [5, 5.41) is 6.26. The van der Waals surface area contributed by atoms with Crippen molar-refractivity contribution < 1.29 is 9.53 Å². The molecule has 21 heavy (non-hydrogen) atoms. The monoisotopic (exact) mass is 305 g/mol. The van der Waals surface area contributed by atoms with Gasteiger partial charge in [-0.15, -0.1) is 0 Å². The molecule has 1 amide bonds. The van der Waals surface area contributed by atoms with Crippen molar-refractivity contribution in [3.8, 4) is 5.75 Å². The number of ether oxygens (including phenoxy) is 1. The lowest BCUT2D eigenvalue weighted by molar-refractivity contribution is 0.0950. The first-order chi connectivity index (χ1) is 10.2. The van der Waals surface area contributed by atoms with Gasteiger partial charge in [0.05, 0.1) is 12.7 Å². The smallest absolute Gasteiger partial charge is 0.253 e.